The van der Waals surface area contributed by atoms with E-state index in [1.807, 2.05) is 0 Å². The molecule has 328 valence electrons. The largest absolute Gasteiger partial charge is 0.505 e. The summed E-state index contributed by atoms with van der Waals surface area (Å²) >= 11 is 0. The van der Waals surface area contributed by atoms with Gasteiger partial charge in [0.25, 0.3) is 30.4 Å². The number of benzene rings is 4. The van der Waals surface area contributed by atoms with Crippen LogP contribution in [0.3, 0.4) is 0 Å². The second-order valence-electron chi connectivity index (χ2n) is 11.4. The van der Waals surface area contributed by atoms with Gasteiger partial charge in [0.05, 0.1) is 40.2 Å². The number of anilines is 1. The number of fused-ring (bicyclic) bond motifs is 1. The molecule has 0 bridgehead atoms. The molecule has 0 saturated heterocycles. The molecular weight excluding hydrogens is 959 g/mol. The minimum absolute atomic E-state index is 0.273. The molecule has 0 atom stereocenters. The van der Waals surface area contributed by atoms with Gasteiger partial charge in [-0.2, -0.15) is 42.1 Å². The highest BCUT2D eigenvalue weighted by atomic mass is 32.3. The Morgan fingerprint density at radius 2 is 0.883 bits per heavy atom. The highest BCUT2D eigenvalue weighted by Gasteiger charge is 2.27. The van der Waals surface area contributed by atoms with E-state index in [0.29, 0.717) is 30.3 Å². The van der Waals surface area contributed by atoms with E-state index >= 15 is 0 Å². The minimum atomic E-state index is -5.45. The Balaban J connectivity index is 1.84. The maximum absolute atomic E-state index is 12.6. The van der Waals surface area contributed by atoms with Crippen molar-refractivity contribution in [3.05, 3.63) is 54.6 Å². The number of azo groups is 2. The summed E-state index contributed by atoms with van der Waals surface area (Å²) in [6.07, 6.45) is 0. The summed E-state index contributed by atoms with van der Waals surface area (Å²) in [6, 6.07) is 6.12. The zero-order chi connectivity index (χ0) is 45.4. The van der Waals surface area contributed by atoms with Crippen molar-refractivity contribution in [1.82, 2.24) is 0 Å². The molecule has 0 aromatic heterocycles. The van der Waals surface area contributed by atoms with Gasteiger partial charge in [-0.25, -0.2) is 25.2 Å². The van der Waals surface area contributed by atoms with Crippen LogP contribution in [0.1, 0.15) is 0 Å². The van der Waals surface area contributed by atoms with Crippen LogP contribution in [0, 0.1) is 0 Å². The van der Waals surface area contributed by atoms with E-state index in [2.05, 4.69) is 28.8 Å². The van der Waals surface area contributed by atoms with Crippen LogP contribution in [0.4, 0.5) is 28.4 Å². The fourth-order valence-corrected chi connectivity index (χ4v) is 9.84. The van der Waals surface area contributed by atoms with Crippen molar-refractivity contribution in [2.24, 2.45) is 20.5 Å². The molecule has 0 fully saturated rings. The molecule has 4 aromatic rings. The number of hydrogen-bond donors (Lipinski definition) is 7. The SMILES string of the molecule is Nc1cc(N=Nc2ccc(S(=O)(=O)CCOS(=O)(=O)O)cc2S(=O)(=O)O)c2cc(S(=O)(=O)O)c(N=Nc3ccc(S(=O)(=O)CCOS(=O)(=O)O)cc3S(=O)(=O)O)c(O)c2c1. The number of rotatable bonds is 17. The Morgan fingerprint density at radius 3 is 1.28 bits per heavy atom. The lowest BCUT2D eigenvalue weighted by molar-refractivity contribution is 0.282. The molecule has 0 radical (unpaired) electrons. The second kappa shape index (κ2) is 17.0. The predicted molar refractivity (Wildman–Crippen MR) is 200 cm³/mol. The summed E-state index contributed by atoms with van der Waals surface area (Å²) in [6.45, 7) is -2.22. The molecule has 0 spiro atoms. The van der Waals surface area contributed by atoms with Gasteiger partial charge >= 0.3 is 20.8 Å². The molecule has 0 amide bonds. The van der Waals surface area contributed by atoms with Crippen LogP contribution < -0.4 is 5.73 Å². The van der Waals surface area contributed by atoms with Crippen molar-refractivity contribution in [1.29, 1.82) is 0 Å². The third-order valence-corrected chi connectivity index (χ3v) is 14.2. The Bertz CT molecular complexity index is 3280. The van der Waals surface area contributed by atoms with Crippen LogP contribution in [0.25, 0.3) is 10.8 Å². The van der Waals surface area contributed by atoms with Gasteiger partial charge in [-0.15, -0.1) is 20.5 Å². The second-order valence-corrected chi connectivity index (χ2v) is 22.0. The zero-order valence-corrected chi connectivity index (χ0v) is 34.7. The number of nitrogens with two attached hydrogens (primary N) is 1. The van der Waals surface area contributed by atoms with Gasteiger partial charge < -0.3 is 10.8 Å². The van der Waals surface area contributed by atoms with E-state index in [0.717, 1.165) is 24.3 Å². The van der Waals surface area contributed by atoms with Crippen LogP contribution in [0.2, 0.25) is 0 Å². The van der Waals surface area contributed by atoms with Gasteiger partial charge in [0.2, 0.25) is 0 Å². The number of nitrogens with zero attached hydrogens (tertiary/aromatic N) is 4. The lowest BCUT2D eigenvalue weighted by atomic mass is 10.1. The summed E-state index contributed by atoms with van der Waals surface area (Å²) < 4.78 is 222. The standard InChI is InChI=1S/C26H25N5O22S7/c27-14-9-18-17(21(10-14)30-28-19-3-1-15(11-22(19)56(37,38)39)54(33,34)7-5-52-59(46,47)48)13-24(58(43,44)45)25(26(18)32)31-29-20-4-2-16(12-23(20)57(40,41)42)55(35,36)8-6-53-60(49,50)51/h1-4,9-13,32H,5-8,27H2,(H,37,38,39)(H,40,41,42)(H,43,44,45)(H,46,47,48)(H,49,50,51). The van der Waals surface area contributed by atoms with Crippen molar-refractivity contribution in [3.8, 4) is 5.75 Å². The van der Waals surface area contributed by atoms with Crippen molar-refractivity contribution < 1.29 is 95.2 Å². The smallest absolute Gasteiger partial charge is 0.397 e. The van der Waals surface area contributed by atoms with Crippen molar-refractivity contribution in [2.45, 2.75) is 24.5 Å². The summed E-state index contributed by atoms with van der Waals surface area (Å²) in [5.74, 6) is -3.40. The summed E-state index contributed by atoms with van der Waals surface area (Å²) in [4.78, 5) is -5.38. The highest BCUT2D eigenvalue weighted by molar-refractivity contribution is 7.92. The number of hydrogen-bond acceptors (Lipinski definition) is 22. The third kappa shape index (κ3) is 12.2. The first-order chi connectivity index (χ1) is 27.2. The Morgan fingerprint density at radius 1 is 0.483 bits per heavy atom. The molecule has 0 aliphatic heterocycles. The Labute approximate surface area is 339 Å². The number of sulfone groups is 2. The number of phenols is 1. The fraction of sp³-hybridized carbons (Fsp3) is 0.154. The molecule has 34 heteroatoms. The Kier molecular flexibility index (Phi) is 13.6. The van der Waals surface area contributed by atoms with Crippen LogP contribution in [-0.4, -0.2) is 112 Å². The van der Waals surface area contributed by atoms with Crippen molar-refractivity contribution in [3.63, 3.8) is 0 Å². The molecule has 27 nitrogen and oxygen atoms in total. The normalized spacial score (nSPS) is 13.8. The molecule has 0 unspecified atom stereocenters. The van der Waals surface area contributed by atoms with Gasteiger partial charge in [-0.3, -0.25) is 22.8 Å². The lowest BCUT2D eigenvalue weighted by Gasteiger charge is -2.12. The molecule has 0 heterocycles. The minimum Gasteiger partial charge on any atom is -0.505 e. The Hall–Kier alpha value is -4.69. The first kappa shape index (κ1) is 48.0. The van der Waals surface area contributed by atoms with Gasteiger partial charge in [-0.1, -0.05) is 0 Å². The quantitative estimate of drug-likeness (QED) is 0.0451. The third-order valence-electron chi connectivity index (χ3n) is 7.28. The van der Waals surface area contributed by atoms with Crippen LogP contribution in [-0.2, 0) is 79.2 Å². The summed E-state index contributed by atoms with van der Waals surface area (Å²) in [7, 11) is -35.4. The number of aromatic hydroxyl groups is 1. The number of phenolic OH excluding ortho intramolecular Hbond substituents is 1. The van der Waals surface area contributed by atoms with E-state index in [4.69, 9.17) is 14.8 Å². The molecule has 4 rings (SSSR count). The molecule has 8 N–H and O–H groups in total. The van der Waals surface area contributed by atoms with E-state index in [-0.39, 0.29) is 5.69 Å². The van der Waals surface area contributed by atoms with Gasteiger partial charge in [-0.05, 0) is 54.6 Å². The monoisotopic (exact) mass is 983 g/mol. The lowest BCUT2D eigenvalue weighted by Crippen LogP contribution is -2.16. The van der Waals surface area contributed by atoms with Crippen molar-refractivity contribution in [2.75, 3.05) is 30.5 Å². The first-order valence-electron chi connectivity index (χ1n) is 15.0. The predicted octanol–water partition coefficient (Wildman–Crippen LogP) is 1.88. The topological polar surface area (TPSA) is 454 Å². The van der Waals surface area contributed by atoms with Crippen LogP contribution in [0.15, 0.2) is 99.5 Å². The van der Waals surface area contributed by atoms with Gasteiger partial charge in [0, 0.05) is 16.5 Å². The van der Waals surface area contributed by atoms with Gasteiger partial charge in [0.1, 0.15) is 31.7 Å². The van der Waals surface area contributed by atoms with E-state index in [1.54, 1.807) is 0 Å². The number of nitrogen functional groups attached to an aromatic ring is 1. The average Bonchev–Trinajstić information content (AvgIpc) is 3.07. The van der Waals surface area contributed by atoms with Crippen LogP contribution in [0.5, 0.6) is 5.75 Å². The molecule has 0 saturated carbocycles. The molecule has 60 heavy (non-hydrogen) atoms. The summed E-state index contributed by atoms with van der Waals surface area (Å²) in [5, 5.41) is 24.7. The van der Waals surface area contributed by atoms with Gasteiger partial charge in [0.15, 0.2) is 25.4 Å². The molecule has 0 aliphatic carbocycles. The average molecular weight is 984 g/mol. The zero-order valence-electron chi connectivity index (χ0n) is 29.0. The van der Waals surface area contributed by atoms with Crippen LogP contribution >= 0.6 is 0 Å². The summed E-state index contributed by atoms with van der Waals surface area (Å²) in [5.41, 5.74) is 2.37. The van der Waals surface area contributed by atoms with E-state index < -0.39 is 159 Å². The maximum Gasteiger partial charge on any atom is 0.397 e. The molecule has 4 aromatic carbocycles. The molecule has 0 aliphatic rings. The van der Waals surface area contributed by atoms with E-state index in [9.17, 15) is 77.7 Å². The first-order valence-corrected chi connectivity index (χ1v) is 25.4. The highest BCUT2D eigenvalue weighted by Crippen LogP contribution is 2.46. The van der Waals surface area contributed by atoms with Crippen molar-refractivity contribution >= 4 is 110 Å². The fourth-order valence-electron chi connectivity index (χ4n) is 4.73. The maximum atomic E-state index is 12.6. The van der Waals surface area contributed by atoms with E-state index in [1.165, 1.54) is 0 Å². The molecular formula is C26H25N5O22S7.